The average molecular weight is 696 g/mol. The second kappa shape index (κ2) is 12.9. The van der Waals surface area contributed by atoms with E-state index in [9.17, 15) is 22.8 Å². The topological polar surface area (TPSA) is 94.7 Å². The molecule has 2 fully saturated rings. The average Bonchev–Trinajstić information content (AvgIpc) is 3.55. The minimum Gasteiger partial charge on any atom is -0.373 e. The van der Waals surface area contributed by atoms with Crippen molar-refractivity contribution in [1.29, 1.82) is 5.26 Å². The van der Waals surface area contributed by atoms with Crippen molar-refractivity contribution in [2.45, 2.75) is 49.7 Å². The first kappa shape index (κ1) is 32.1. The van der Waals surface area contributed by atoms with Crippen LogP contribution in [0.2, 0.25) is 10.0 Å². The fourth-order valence-electron chi connectivity index (χ4n) is 6.44. The Morgan fingerprint density at radius 1 is 0.938 bits per heavy atom. The molecular weight excluding hydrogens is 667 g/mol. The number of alkyl halides is 2. The van der Waals surface area contributed by atoms with E-state index in [1.54, 1.807) is 24.3 Å². The summed E-state index contributed by atoms with van der Waals surface area (Å²) in [6.07, 6.45) is 4.59. The van der Waals surface area contributed by atoms with E-state index in [1.807, 2.05) is 10.9 Å². The van der Waals surface area contributed by atoms with Crippen molar-refractivity contribution in [2.24, 2.45) is 0 Å². The van der Waals surface area contributed by atoms with Crippen molar-refractivity contribution < 1.29 is 17.6 Å². The third-order valence-electron chi connectivity index (χ3n) is 9.03. The third kappa shape index (κ3) is 6.50. The molecule has 246 valence electrons. The van der Waals surface area contributed by atoms with Crippen molar-refractivity contribution in [1.82, 2.24) is 24.9 Å². The van der Waals surface area contributed by atoms with Crippen molar-refractivity contribution in [3.63, 3.8) is 0 Å². The Morgan fingerprint density at radius 2 is 1.67 bits per heavy atom. The zero-order valence-electron chi connectivity index (χ0n) is 25.3. The van der Waals surface area contributed by atoms with Crippen LogP contribution >= 0.6 is 23.2 Å². The highest BCUT2D eigenvalue weighted by Gasteiger charge is 2.48. The molecular formula is C34H28Cl2F4N8. The van der Waals surface area contributed by atoms with Gasteiger partial charge in [-0.3, -0.25) is 9.88 Å². The Hall–Kier alpha value is -4.44. The minimum absolute atomic E-state index is 0.0520. The largest absolute Gasteiger partial charge is 0.373 e. The number of anilines is 3. The van der Waals surface area contributed by atoms with Crippen LogP contribution in [0.15, 0.2) is 67.0 Å². The molecule has 48 heavy (non-hydrogen) atoms. The number of nitrogens with zero attached hydrogens (tertiary/aromatic N) is 6. The highest BCUT2D eigenvalue weighted by atomic mass is 35.5. The van der Waals surface area contributed by atoms with Crippen LogP contribution in [0.3, 0.4) is 0 Å². The van der Waals surface area contributed by atoms with E-state index in [2.05, 4.69) is 36.9 Å². The number of pyridine rings is 1. The lowest BCUT2D eigenvalue weighted by molar-refractivity contribution is -0.128. The van der Waals surface area contributed by atoms with Gasteiger partial charge < -0.3 is 10.6 Å². The summed E-state index contributed by atoms with van der Waals surface area (Å²) in [6, 6.07) is 15.2. The number of fused-ring (bicyclic) bond motifs is 1. The van der Waals surface area contributed by atoms with Crippen LogP contribution < -0.4 is 10.6 Å². The second-order valence-corrected chi connectivity index (χ2v) is 13.0. The highest BCUT2D eigenvalue weighted by molar-refractivity contribution is 6.36. The van der Waals surface area contributed by atoms with Gasteiger partial charge in [-0.15, -0.1) is 5.10 Å². The molecule has 8 nitrogen and oxygen atoms in total. The maximum absolute atomic E-state index is 14.0. The quantitative estimate of drug-likeness (QED) is 0.157. The number of hydrogen-bond donors (Lipinski definition) is 2. The van der Waals surface area contributed by atoms with Gasteiger partial charge in [0.15, 0.2) is 0 Å². The number of nitriles is 1. The van der Waals surface area contributed by atoms with E-state index >= 15 is 0 Å². The molecule has 14 heteroatoms. The SMILES string of the molecule is N#Cc1cnc2c(Cl)cc(N[C@@H](c3ccc(F)cc3)c3cn(C4CCN(C5CC(F)(F)C5)CC4)nn3)cc2c1Nc1ccc(F)c(Cl)c1. The number of hydrogen-bond acceptors (Lipinski definition) is 7. The Labute approximate surface area is 283 Å². The molecule has 1 saturated heterocycles. The Balaban J connectivity index is 1.19. The summed E-state index contributed by atoms with van der Waals surface area (Å²) < 4.78 is 56.5. The fourth-order valence-corrected chi connectivity index (χ4v) is 6.88. The zero-order valence-corrected chi connectivity index (χ0v) is 26.8. The lowest BCUT2D eigenvalue weighted by atomic mass is 9.85. The lowest BCUT2D eigenvalue weighted by Gasteiger charge is -2.45. The molecule has 2 aromatic heterocycles. The maximum Gasteiger partial charge on any atom is 0.251 e. The monoisotopic (exact) mass is 694 g/mol. The standard InChI is InChI=1S/C34H28Cl2F4N8/c35-27-12-22(5-6-29(27)38)43-31-20(16-41)17-42-33-26(31)11-23(13-28(33)36)44-32(19-1-3-21(37)4-2-19)30-18-48(46-45-30)24-7-9-47(10-8-24)25-14-34(39,40)15-25/h1-6,11-13,17-18,24-25,32,44H,7-10,14-15H2,(H,42,43)/t32-/m0/s1. The highest BCUT2D eigenvalue weighted by Crippen LogP contribution is 2.42. The first-order chi connectivity index (χ1) is 23.1. The Morgan fingerprint density at radius 3 is 2.35 bits per heavy atom. The number of nitrogens with one attached hydrogen (secondary N) is 2. The van der Waals surface area contributed by atoms with Crippen LogP contribution in [0.5, 0.6) is 0 Å². The van der Waals surface area contributed by atoms with Crippen LogP contribution in [-0.2, 0) is 0 Å². The summed E-state index contributed by atoms with van der Waals surface area (Å²) in [4.78, 5) is 6.54. The minimum atomic E-state index is -2.55. The van der Waals surface area contributed by atoms with Gasteiger partial charge in [-0.25, -0.2) is 22.2 Å². The lowest BCUT2D eigenvalue weighted by Crippen LogP contribution is -2.53. The van der Waals surface area contributed by atoms with E-state index in [0.717, 1.165) is 12.8 Å². The van der Waals surface area contributed by atoms with E-state index in [1.165, 1.54) is 36.5 Å². The molecule has 0 radical (unpaired) electrons. The molecule has 0 amide bonds. The van der Waals surface area contributed by atoms with Crippen molar-refractivity contribution in [3.05, 3.63) is 105 Å². The van der Waals surface area contributed by atoms with Crippen molar-refractivity contribution >= 4 is 51.2 Å². The van der Waals surface area contributed by atoms with Crippen molar-refractivity contribution in [3.8, 4) is 6.07 Å². The van der Waals surface area contributed by atoms with Gasteiger partial charge in [0.05, 0.1) is 45.1 Å². The second-order valence-electron chi connectivity index (χ2n) is 12.2. The molecule has 1 aliphatic heterocycles. The van der Waals surface area contributed by atoms with E-state index in [4.69, 9.17) is 23.2 Å². The van der Waals surface area contributed by atoms with Crippen LogP contribution in [0.4, 0.5) is 34.6 Å². The molecule has 0 bridgehead atoms. The van der Waals surface area contributed by atoms with Crippen LogP contribution in [0, 0.1) is 23.0 Å². The molecule has 3 heterocycles. The number of halogens is 6. The molecule has 1 aliphatic carbocycles. The number of benzene rings is 3. The van der Waals surface area contributed by atoms with Gasteiger partial charge in [-0.1, -0.05) is 40.5 Å². The molecule has 7 rings (SSSR count). The molecule has 0 spiro atoms. The first-order valence-corrected chi connectivity index (χ1v) is 16.1. The van der Waals surface area contributed by atoms with Crippen LogP contribution in [0.25, 0.3) is 10.9 Å². The van der Waals surface area contributed by atoms with Crippen LogP contribution in [0.1, 0.15) is 54.6 Å². The zero-order chi connectivity index (χ0) is 33.6. The molecule has 3 aromatic carbocycles. The summed E-state index contributed by atoms with van der Waals surface area (Å²) >= 11 is 12.7. The van der Waals surface area contributed by atoms with Gasteiger partial charge in [0, 0.05) is 54.9 Å². The van der Waals surface area contributed by atoms with E-state index in [0.29, 0.717) is 57.3 Å². The first-order valence-electron chi connectivity index (χ1n) is 15.4. The van der Waals surface area contributed by atoms with Gasteiger partial charge in [0.1, 0.15) is 23.4 Å². The maximum atomic E-state index is 14.0. The number of aromatic nitrogens is 4. The fraction of sp³-hybridized carbons (Fsp3) is 0.294. The van der Waals surface area contributed by atoms with Gasteiger partial charge in [0.2, 0.25) is 0 Å². The third-order valence-corrected chi connectivity index (χ3v) is 9.61. The van der Waals surface area contributed by atoms with Gasteiger partial charge in [-0.2, -0.15) is 5.26 Å². The Kier molecular flexibility index (Phi) is 8.62. The summed E-state index contributed by atoms with van der Waals surface area (Å²) in [6.45, 7) is 1.41. The molecule has 1 atom stereocenters. The molecule has 2 aliphatic rings. The predicted molar refractivity (Wildman–Crippen MR) is 176 cm³/mol. The van der Waals surface area contributed by atoms with Crippen LogP contribution in [-0.4, -0.2) is 49.9 Å². The Bertz CT molecular complexity index is 2010. The normalized spacial score (nSPS) is 17.5. The number of likely N-dealkylation sites (tertiary alicyclic amines) is 1. The van der Waals surface area contributed by atoms with E-state index in [-0.39, 0.29) is 35.5 Å². The van der Waals surface area contributed by atoms with Gasteiger partial charge >= 0.3 is 0 Å². The molecule has 0 unspecified atom stereocenters. The molecule has 1 saturated carbocycles. The molecule has 2 N–H and O–H groups in total. The summed E-state index contributed by atoms with van der Waals surface area (Å²) in [5.74, 6) is -3.52. The van der Waals surface area contributed by atoms with E-state index < -0.39 is 23.6 Å². The number of piperidine rings is 1. The summed E-state index contributed by atoms with van der Waals surface area (Å²) in [7, 11) is 0. The molecule has 5 aromatic rings. The summed E-state index contributed by atoms with van der Waals surface area (Å²) in [5, 5.41) is 26.2. The smallest absolute Gasteiger partial charge is 0.251 e. The summed E-state index contributed by atoms with van der Waals surface area (Å²) in [5.41, 5.74) is 3.35. The number of rotatable bonds is 8. The predicted octanol–water partition coefficient (Wildman–Crippen LogP) is 8.66. The van der Waals surface area contributed by atoms with Gasteiger partial charge in [0.25, 0.3) is 5.92 Å². The van der Waals surface area contributed by atoms with Gasteiger partial charge in [-0.05, 0) is 60.9 Å². The van der Waals surface area contributed by atoms with Crippen molar-refractivity contribution in [2.75, 3.05) is 23.7 Å².